The molecule has 2 rings (SSSR count). The van der Waals surface area contributed by atoms with Crippen LogP contribution in [0.25, 0.3) is 5.65 Å². The maximum absolute atomic E-state index is 10.4. The molecule has 0 aliphatic rings. The molecule has 0 unspecified atom stereocenters. The van der Waals surface area contributed by atoms with Gasteiger partial charge in [0.2, 0.25) is 10.6 Å². The summed E-state index contributed by atoms with van der Waals surface area (Å²) in [5.74, 6) is 0. The summed E-state index contributed by atoms with van der Waals surface area (Å²) in [5.41, 5.74) is 0.991. The van der Waals surface area contributed by atoms with E-state index in [2.05, 4.69) is 9.97 Å². The molecule has 0 radical (unpaired) electrons. The molecule has 0 fully saturated rings. The van der Waals surface area contributed by atoms with Crippen LogP contribution in [-0.4, -0.2) is 20.7 Å². The summed E-state index contributed by atoms with van der Waals surface area (Å²) in [4.78, 5) is 18.0. The summed E-state index contributed by atoms with van der Waals surface area (Å²) in [6.07, 6.45) is 2.25. The Morgan fingerprint density at radius 1 is 1.38 bits per heavy atom. The number of carbonyl (C=O) groups is 1. The summed E-state index contributed by atoms with van der Waals surface area (Å²) >= 11 is 11.3. The topological polar surface area (TPSA) is 47.3 Å². The van der Waals surface area contributed by atoms with E-state index >= 15 is 0 Å². The quantitative estimate of drug-likeness (QED) is 0.683. The standard InChI is InChI=1S/C7H3Cl2N3O/c8-6-10-5-1-4(3-13)2-12(5)7(9)11-6/h1-3H. The maximum Gasteiger partial charge on any atom is 0.227 e. The highest BCUT2D eigenvalue weighted by Gasteiger charge is 2.05. The van der Waals surface area contributed by atoms with Crippen molar-refractivity contribution in [1.29, 1.82) is 0 Å². The Kier molecular flexibility index (Phi) is 1.94. The molecule has 0 saturated carbocycles. The number of aldehydes is 1. The zero-order chi connectivity index (χ0) is 9.42. The molecule has 0 atom stereocenters. The van der Waals surface area contributed by atoms with E-state index in [0.29, 0.717) is 17.5 Å². The van der Waals surface area contributed by atoms with E-state index in [9.17, 15) is 4.79 Å². The van der Waals surface area contributed by atoms with Crippen LogP contribution in [0.3, 0.4) is 0 Å². The molecular weight excluding hydrogens is 213 g/mol. The van der Waals surface area contributed by atoms with Gasteiger partial charge >= 0.3 is 0 Å². The molecule has 13 heavy (non-hydrogen) atoms. The maximum atomic E-state index is 10.4. The van der Waals surface area contributed by atoms with E-state index in [0.717, 1.165) is 0 Å². The lowest BCUT2D eigenvalue weighted by atomic mass is 10.4. The van der Waals surface area contributed by atoms with Crippen LogP contribution in [0.5, 0.6) is 0 Å². The average Bonchev–Trinajstić information content (AvgIpc) is 2.47. The highest BCUT2D eigenvalue weighted by atomic mass is 35.5. The summed E-state index contributed by atoms with van der Waals surface area (Å²) < 4.78 is 1.48. The highest BCUT2D eigenvalue weighted by Crippen LogP contribution is 2.14. The van der Waals surface area contributed by atoms with Gasteiger partial charge in [-0.1, -0.05) is 0 Å². The Balaban J connectivity index is 2.82. The minimum absolute atomic E-state index is 0.0630. The zero-order valence-corrected chi connectivity index (χ0v) is 7.75. The Labute approximate surface area is 83.1 Å². The molecule has 4 nitrogen and oxygen atoms in total. The molecular formula is C7H3Cl2N3O. The Morgan fingerprint density at radius 3 is 2.85 bits per heavy atom. The van der Waals surface area contributed by atoms with Crippen molar-refractivity contribution in [3.05, 3.63) is 28.4 Å². The first-order valence-corrected chi connectivity index (χ1v) is 4.12. The van der Waals surface area contributed by atoms with Crippen LogP contribution in [0.15, 0.2) is 12.3 Å². The number of aromatic nitrogens is 3. The van der Waals surface area contributed by atoms with Crippen molar-refractivity contribution >= 4 is 35.1 Å². The largest absolute Gasteiger partial charge is 0.298 e. The van der Waals surface area contributed by atoms with Gasteiger partial charge < -0.3 is 0 Å². The fraction of sp³-hybridized carbons (Fsp3) is 0. The molecule has 0 amide bonds. The predicted octanol–water partition coefficient (Wildman–Crippen LogP) is 1.85. The molecule has 6 heteroatoms. The van der Waals surface area contributed by atoms with Crippen LogP contribution >= 0.6 is 23.2 Å². The molecule has 2 aromatic rings. The van der Waals surface area contributed by atoms with Gasteiger partial charge in [-0.25, -0.2) is 0 Å². The van der Waals surface area contributed by atoms with Crippen LogP contribution < -0.4 is 0 Å². The molecule has 2 heterocycles. The van der Waals surface area contributed by atoms with Crippen LogP contribution in [-0.2, 0) is 0 Å². The molecule has 0 saturated heterocycles. The first kappa shape index (κ1) is 8.47. The van der Waals surface area contributed by atoms with Crippen LogP contribution in [0.2, 0.25) is 10.6 Å². The number of hydrogen-bond donors (Lipinski definition) is 0. The molecule has 0 aromatic carbocycles. The van der Waals surface area contributed by atoms with Crippen molar-refractivity contribution in [2.45, 2.75) is 0 Å². The van der Waals surface area contributed by atoms with Gasteiger partial charge in [-0.05, 0) is 29.3 Å². The van der Waals surface area contributed by atoms with Crippen LogP contribution in [0.1, 0.15) is 10.4 Å². The normalized spacial score (nSPS) is 10.6. The monoisotopic (exact) mass is 215 g/mol. The third-order valence-electron chi connectivity index (χ3n) is 1.55. The highest BCUT2D eigenvalue weighted by molar-refractivity contribution is 6.31. The van der Waals surface area contributed by atoms with Gasteiger partial charge in [0.1, 0.15) is 5.65 Å². The Morgan fingerprint density at radius 2 is 2.15 bits per heavy atom. The zero-order valence-electron chi connectivity index (χ0n) is 6.24. The third-order valence-corrected chi connectivity index (χ3v) is 1.98. The first-order valence-electron chi connectivity index (χ1n) is 3.37. The fourth-order valence-electron chi connectivity index (χ4n) is 1.02. The average molecular weight is 216 g/mol. The smallest absolute Gasteiger partial charge is 0.227 e. The lowest BCUT2D eigenvalue weighted by Crippen LogP contribution is -1.92. The third kappa shape index (κ3) is 1.38. The van der Waals surface area contributed by atoms with Gasteiger partial charge in [0.15, 0.2) is 6.29 Å². The van der Waals surface area contributed by atoms with E-state index in [4.69, 9.17) is 23.2 Å². The van der Waals surface area contributed by atoms with Gasteiger partial charge in [-0.3, -0.25) is 9.20 Å². The number of halogens is 2. The minimum atomic E-state index is 0.0630. The van der Waals surface area contributed by atoms with E-state index < -0.39 is 0 Å². The van der Waals surface area contributed by atoms with Gasteiger partial charge in [0.05, 0.1) is 0 Å². The SMILES string of the molecule is O=Cc1cc2nc(Cl)nc(Cl)n2c1. The number of nitrogens with zero attached hydrogens (tertiary/aromatic N) is 3. The lowest BCUT2D eigenvalue weighted by molar-refractivity contribution is 0.112. The second kappa shape index (κ2) is 2.97. The van der Waals surface area contributed by atoms with E-state index in [-0.39, 0.29) is 10.6 Å². The van der Waals surface area contributed by atoms with E-state index in [1.54, 1.807) is 12.3 Å². The molecule has 0 aliphatic carbocycles. The van der Waals surface area contributed by atoms with Gasteiger partial charge in [0, 0.05) is 11.8 Å². The minimum Gasteiger partial charge on any atom is -0.298 e. The van der Waals surface area contributed by atoms with E-state index in [1.165, 1.54) is 4.40 Å². The van der Waals surface area contributed by atoms with Gasteiger partial charge in [-0.2, -0.15) is 9.97 Å². The Bertz CT molecular complexity index is 480. The molecule has 66 valence electrons. The van der Waals surface area contributed by atoms with Crippen molar-refractivity contribution in [2.24, 2.45) is 0 Å². The second-order valence-corrected chi connectivity index (χ2v) is 3.06. The number of hydrogen-bond acceptors (Lipinski definition) is 3. The second-order valence-electron chi connectivity index (χ2n) is 2.38. The molecule has 0 bridgehead atoms. The van der Waals surface area contributed by atoms with Gasteiger partial charge in [-0.15, -0.1) is 0 Å². The molecule has 0 N–H and O–H groups in total. The van der Waals surface area contributed by atoms with Gasteiger partial charge in [0.25, 0.3) is 0 Å². The van der Waals surface area contributed by atoms with Crippen molar-refractivity contribution in [3.63, 3.8) is 0 Å². The van der Waals surface area contributed by atoms with Crippen LogP contribution in [0.4, 0.5) is 0 Å². The van der Waals surface area contributed by atoms with Crippen LogP contribution in [0, 0.1) is 0 Å². The van der Waals surface area contributed by atoms with Crippen molar-refractivity contribution in [1.82, 2.24) is 14.4 Å². The number of rotatable bonds is 1. The van der Waals surface area contributed by atoms with Crippen molar-refractivity contribution in [2.75, 3.05) is 0 Å². The summed E-state index contributed by atoms with van der Waals surface area (Å²) in [5, 5.41) is 0.246. The lowest BCUT2D eigenvalue weighted by Gasteiger charge is -1.95. The fourth-order valence-corrected chi connectivity index (χ4v) is 1.44. The molecule has 0 spiro atoms. The van der Waals surface area contributed by atoms with Crippen molar-refractivity contribution < 1.29 is 4.79 Å². The van der Waals surface area contributed by atoms with E-state index in [1.807, 2.05) is 0 Å². The molecule has 2 aromatic heterocycles. The molecule has 0 aliphatic heterocycles. The van der Waals surface area contributed by atoms with Crippen molar-refractivity contribution in [3.8, 4) is 0 Å². The Hall–Kier alpha value is -1.13. The summed E-state index contributed by atoms with van der Waals surface area (Å²) in [7, 11) is 0. The predicted molar refractivity (Wildman–Crippen MR) is 48.4 cm³/mol. The first-order chi connectivity index (χ1) is 6.20. The number of carbonyl (C=O) groups excluding carboxylic acids is 1. The summed E-state index contributed by atoms with van der Waals surface area (Å²) in [6, 6.07) is 1.58. The number of fused-ring (bicyclic) bond motifs is 1. The summed E-state index contributed by atoms with van der Waals surface area (Å²) in [6.45, 7) is 0.